The Bertz CT molecular complexity index is 405. The van der Waals surface area contributed by atoms with Gasteiger partial charge in [-0.15, -0.1) is 0 Å². The van der Waals surface area contributed by atoms with E-state index in [4.69, 9.17) is 21.5 Å². The molecule has 0 unspecified atom stereocenters. The van der Waals surface area contributed by atoms with E-state index in [0.717, 1.165) is 0 Å². The van der Waals surface area contributed by atoms with Gasteiger partial charge in [0.05, 0.1) is 10.8 Å². The highest BCUT2D eigenvalue weighted by Gasteiger charge is 2.04. The van der Waals surface area contributed by atoms with Gasteiger partial charge in [0, 0.05) is 0 Å². The van der Waals surface area contributed by atoms with Crippen molar-refractivity contribution < 1.29 is 13.2 Å². The van der Waals surface area contributed by atoms with Crippen molar-refractivity contribution in [1.29, 1.82) is 0 Å². The van der Waals surface area contributed by atoms with Crippen molar-refractivity contribution in [3.05, 3.63) is 29.3 Å². The topological polar surface area (TPSA) is 69.4 Å². The summed E-state index contributed by atoms with van der Waals surface area (Å²) in [5, 5.41) is 5.24. The lowest BCUT2D eigenvalue weighted by Gasteiger charge is -2.06. The molecular weight excluding hydrogens is 226 g/mol. The SMILES string of the molecule is NS(=O)(=O)CCOc1ccccc1Cl. The van der Waals surface area contributed by atoms with Crippen LogP contribution in [0.1, 0.15) is 0 Å². The van der Waals surface area contributed by atoms with E-state index in [-0.39, 0.29) is 12.4 Å². The first-order chi connectivity index (χ1) is 6.49. The minimum atomic E-state index is -3.48. The molecule has 6 heteroatoms. The van der Waals surface area contributed by atoms with Gasteiger partial charge in [-0.25, -0.2) is 13.6 Å². The summed E-state index contributed by atoms with van der Waals surface area (Å²) in [6, 6.07) is 6.83. The predicted octanol–water partition coefficient (Wildman–Crippen LogP) is 1.01. The summed E-state index contributed by atoms with van der Waals surface area (Å²) in [5.74, 6) is 0.232. The highest BCUT2D eigenvalue weighted by molar-refractivity contribution is 7.89. The van der Waals surface area contributed by atoms with Crippen molar-refractivity contribution in [2.45, 2.75) is 0 Å². The maximum atomic E-state index is 10.6. The van der Waals surface area contributed by atoms with Crippen LogP contribution in [0.5, 0.6) is 5.75 Å². The van der Waals surface area contributed by atoms with E-state index in [1.165, 1.54) is 0 Å². The van der Waals surface area contributed by atoms with Crippen LogP contribution in [0.4, 0.5) is 0 Å². The van der Waals surface area contributed by atoms with Crippen LogP contribution in [0.15, 0.2) is 24.3 Å². The maximum absolute atomic E-state index is 10.6. The second-order valence-corrected chi connectivity index (χ2v) is 4.79. The van der Waals surface area contributed by atoms with Crippen LogP contribution in [0.25, 0.3) is 0 Å². The zero-order valence-electron chi connectivity index (χ0n) is 7.31. The highest BCUT2D eigenvalue weighted by atomic mass is 35.5. The van der Waals surface area contributed by atoms with E-state index in [1.807, 2.05) is 0 Å². The zero-order chi connectivity index (χ0) is 10.6. The summed E-state index contributed by atoms with van der Waals surface area (Å²) in [7, 11) is -3.48. The molecule has 4 nitrogen and oxygen atoms in total. The molecule has 0 fully saturated rings. The standard InChI is InChI=1S/C8H10ClNO3S/c9-7-3-1-2-4-8(7)13-5-6-14(10,11)12/h1-4H,5-6H2,(H2,10,11,12). The van der Waals surface area contributed by atoms with Crippen molar-refractivity contribution in [2.24, 2.45) is 5.14 Å². The maximum Gasteiger partial charge on any atom is 0.212 e. The number of halogens is 1. The molecule has 0 amide bonds. The normalized spacial score (nSPS) is 11.3. The minimum Gasteiger partial charge on any atom is -0.491 e. The molecule has 2 N–H and O–H groups in total. The largest absolute Gasteiger partial charge is 0.491 e. The molecule has 0 saturated heterocycles. The average Bonchev–Trinajstić information content (AvgIpc) is 2.06. The summed E-state index contributed by atoms with van der Waals surface area (Å²) in [6.45, 7) is 0.00255. The Morgan fingerprint density at radius 1 is 1.36 bits per heavy atom. The molecule has 14 heavy (non-hydrogen) atoms. The lowest BCUT2D eigenvalue weighted by molar-refractivity contribution is 0.341. The number of primary sulfonamides is 1. The Morgan fingerprint density at radius 2 is 2.00 bits per heavy atom. The van der Waals surface area contributed by atoms with Crippen LogP contribution in [0, 0.1) is 0 Å². The number of hydrogen-bond acceptors (Lipinski definition) is 3. The van der Waals surface area contributed by atoms with Gasteiger partial charge in [-0.2, -0.15) is 0 Å². The Morgan fingerprint density at radius 3 is 2.57 bits per heavy atom. The van der Waals surface area contributed by atoms with Gasteiger partial charge < -0.3 is 4.74 Å². The van der Waals surface area contributed by atoms with Crippen LogP contribution in [0.3, 0.4) is 0 Å². The van der Waals surface area contributed by atoms with E-state index >= 15 is 0 Å². The van der Waals surface area contributed by atoms with Gasteiger partial charge in [0.25, 0.3) is 0 Å². The Balaban J connectivity index is 2.51. The first kappa shape index (κ1) is 11.3. The summed E-state index contributed by atoms with van der Waals surface area (Å²) in [5.41, 5.74) is 0. The second kappa shape index (κ2) is 4.63. The van der Waals surface area contributed by atoms with Gasteiger partial charge in [0.15, 0.2) is 0 Å². The molecule has 1 aromatic rings. The van der Waals surface area contributed by atoms with Crippen LogP contribution < -0.4 is 9.88 Å². The van der Waals surface area contributed by atoms with Crippen molar-refractivity contribution in [3.8, 4) is 5.75 Å². The van der Waals surface area contributed by atoms with Crippen molar-refractivity contribution in [1.82, 2.24) is 0 Å². The lowest BCUT2D eigenvalue weighted by Crippen LogP contribution is -2.21. The number of para-hydroxylation sites is 1. The molecular formula is C8H10ClNO3S. The third kappa shape index (κ3) is 3.95. The number of hydrogen-bond donors (Lipinski definition) is 1. The lowest BCUT2D eigenvalue weighted by atomic mass is 10.3. The van der Waals surface area contributed by atoms with Gasteiger partial charge in [-0.3, -0.25) is 0 Å². The van der Waals surface area contributed by atoms with Crippen LogP contribution in [-0.4, -0.2) is 20.8 Å². The average molecular weight is 236 g/mol. The first-order valence-corrected chi connectivity index (χ1v) is 5.96. The Kier molecular flexibility index (Phi) is 3.74. The van der Waals surface area contributed by atoms with Gasteiger partial charge >= 0.3 is 0 Å². The van der Waals surface area contributed by atoms with Gasteiger partial charge in [0.1, 0.15) is 12.4 Å². The number of rotatable bonds is 4. The smallest absolute Gasteiger partial charge is 0.212 e. The highest BCUT2D eigenvalue weighted by Crippen LogP contribution is 2.22. The predicted molar refractivity (Wildman–Crippen MR) is 54.9 cm³/mol. The monoisotopic (exact) mass is 235 g/mol. The molecule has 0 heterocycles. The molecule has 0 aromatic heterocycles. The molecule has 0 aliphatic rings. The molecule has 0 spiro atoms. The molecule has 1 rings (SSSR count). The zero-order valence-corrected chi connectivity index (χ0v) is 8.88. The molecule has 78 valence electrons. The molecule has 0 aliphatic heterocycles. The molecule has 0 radical (unpaired) electrons. The number of sulfonamides is 1. The van der Waals surface area contributed by atoms with Crippen molar-refractivity contribution in [3.63, 3.8) is 0 Å². The summed E-state index contributed by atoms with van der Waals surface area (Å²) in [6.07, 6.45) is 0. The fourth-order valence-electron chi connectivity index (χ4n) is 0.830. The minimum absolute atomic E-state index is 0.00255. The van der Waals surface area contributed by atoms with Crippen LogP contribution >= 0.6 is 11.6 Å². The van der Waals surface area contributed by atoms with Crippen LogP contribution in [0.2, 0.25) is 5.02 Å². The quantitative estimate of drug-likeness (QED) is 0.847. The third-order valence-electron chi connectivity index (χ3n) is 1.46. The summed E-state index contributed by atoms with van der Waals surface area (Å²) < 4.78 is 26.3. The first-order valence-electron chi connectivity index (χ1n) is 3.87. The Hall–Kier alpha value is -0.780. The van der Waals surface area contributed by atoms with Crippen molar-refractivity contribution in [2.75, 3.05) is 12.4 Å². The van der Waals surface area contributed by atoms with Crippen LogP contribution in [-0.2, 0) is 10.0 Å². The fourth-order valence-corrected chi connectivity index (χ4v) is 1.34. The molecule has 0 atom stereocenters. The Labute approximate surface area is 87.7 Å². The number of ether oxygens (including phenoxy) is 1. The van der Waals surface area contributed by atoms with E-state index in [1.54, 1.807) is 24.3 Å². The molecule has 0 aliphatic carbocycles. The molecule has 0 bridgehead atoms. The van der Waals surface area contributed by atoms with E-state index < -0.39 is 10.0 Å². The summed E-state index contributed by atoms with van der Waals surface area (Å²) >= 11 is 5.77. The molecule has 0 saturated carbocycles. The van der Waals surface area contributed by atoms with E-state index in [2.05, 4.69) is 0 Å². The van der Waals surface area contributed by atoms with E-state index in [0.29, 0.717) is 10.8 Å². The van der Waals surface area contributed by atoms with E-state index in [9.17, 15) is 8.42 Å². The summed E-state index contributed by atoms with van der Waals surface area (Å²) in [4.78, 5) is 0. The number of nitrogens with two attached hydrogens (primary N) is 1. The number of benzene rings is 1. The molecule has 1 aromatic carbocycles. The van der Waals surface area contributed by atoms with Crippen molar-refractivity contribution >= 4 is 21.6 Å². The second-order valence-electron chi connectivity index (χ2n) is 2.65. The van der Waals surface area contributed by atoms with Gasteiger partial charge in [-0.05, 0) is 12.1 Å². The third-order valence-corrected chi connectivity index (χ3v) is 2.51. The van der Waals surface area contributed by atoms with Gasteiger partial charge in [-0.1, -0.05) is 23.7 Å². The van der Waals surface area contributed by atoms with Gasteiger partial charge in [0.2, 0.25) is 10.0 Å². The fraction of sp³-hybridized carbons (Fsp3) is 0.250.